The van der Waals surface area contributed by atoms with Crippen molar-refractivity contribution < 1.29 is 27.9 Å². The molecule has 24 heavy (non-hydrogen) atoms. The number of sulfone groups is 1. The number of benzene rings is 1. The van der Waals surface area contributed by atoms with E-state index in [-0.39, 0.29) is 29.4 Å². The van der Waals surface area contributed by atoms with E-state index in [9.17, 15) is 18.0 Å². The molecule has 0 bridgehead atoms. The summed E-state index contributed by atoms with van der Waals surface area (Å²) in [5, 5.41) is 11.4. The molecule has 1 rings (SSSR count). The van der Waals surface area contributed by atoms with Gasteiger partial charge in [0.1, 0.15) is 0 Å². The van der Waals surface area contributed by atoms with Crippen molar-refractivity contribution in [3.05, 3.63) is 42.5 Å². The molecule has 1 aromatic carbocycles. The quantitative estimate of drug-likeness (QED) is 0.483. The van der Waals surface area contributed by atoms with Crippen LogP contribution in [0.4, 0.5) is 0 Å². The summed E-state index contributed by atoms with van der Waals surface area (Å²) in [6, 6.07) is 4.43. The minimum atomic E-state index is -3.62. The Morgan fingerprint density at radius 1 is 1.38 bits per heavy atom. The second-order valence-corrected chi connectivity index (χ2v) is 7.08. The lowest BCUT2D eigenvalue weighted by atomic mass is 10.2. The van der Waals surface area contributed by atoms with Crippen LogP contribution in [0.1, 0.15) is 23.7 Å². The Hall–Kier alpha value is -2.19. The lowest BCUT2D eigenvalue weighted by molar-refractivity contribution is -0.140. The van der Waals surface area contributed by atoms with Gasteiger partial charge in [0, 0.05) is 0 Å². The molecule has 0 radical (unpaired) electrons. The van der Waals surface area contributed by atoms with Crippen LogP contribution in [0.3, 0.4) is 0 Å². The van der Waals surface area contributed by atoms with Crippen molar-refractivity contribution in [2.24, 2.45) is 0 Å². The fourth-order valence-electron chi connectivity index (χ4n) is 1.98. The van der Waals surface area contributed by atoms with Crippen LogP contribution in [0, 0.1) is 0 Å². The first-order chi connectivity index (χ1) is 11.3. The second kappa shape index (κ2) is 9.19. The molecular formula is C16H21NO6S. The van der Waals surface area contributed by atoms with Gasteiger partial charge in [0.15, 0.2) is 15.9 Å². The summed E-state index contributed by atoms with van der Waals surface area (Å²) in [4.78, 5) is 23.4. The number of carbonyl (C=O) groups is 2. The molecule has 0 saturated heterocycles. The molecule has 8 heteroatoms. The summed E-state index contributed by atoms with van der Waals surface area (Å²) in [5.74, 6) is -2.15. The zero-order chi connectivity index (χ0) is 18.2. The van der Waals surface area contributed by atoms with Crippen molar-refractivity contribution in [1.82, 2.24) is 5.32 Å². The van der Waals surface area contributed by atoms with Gasteiger partial charge in [-0.25, -0.2) is 13.2 Å². The number of carboxylic acids is 1. The van der Waals surface area contributed by atoms with Gasteiger partial charge in [0.2, 0.25) is 0 Å². The van der Waals surface area contributed by atoms with E-state index in [1.165, 1.54) is 30.3 Å². The Labute approximate surface area is 141 Å². The summed E-state index contributed by atoms with van der Waals surface area (Å²) in [6.45, 7) is 5.05. The molecule has 0 spiro atoms. The molecular weight excluding hydrogens is 334 g/mol. The van der Waals surface area contributed by atoms with Crippen LogP contribution in [-0.4, -0.2) is 50.4 Å². The Bertz CT molecular complexity index is 698. The highest BCUT2D eigenvalue weighted by atomic mass is 32.2. The molecule has 1 aromatic rings. The van der Waals surface area contributed by atoms with Gasteiger partial charge in [-0.15, -0.1) is 6.58 Å². The molecule has 0 fully saturated rings. The van der Waals surface area contributed by atoms with E-state index in [0.717, 1.165) is 0 Å². The van der Waals surface area contributed by atoms with Gasteiger partial charge in [-0.1, -0.05) is 25.1 Å². The predicted molar refractivity (Wildman–Crippen MR) is 88.7 cm³/mol. The molecule has 132 valence electrons. The van der Waals surface area contributed by atoms with E-state index in [4.69, 9.17) is 9.84 Å². The van der Waals surface area contributed by atoms with E-state index in [0.29, 0.717) is 6.42 Å². The first-order valence-electron chi connectivity index (χ1n) is 7.37. The number of aliphatic carboxylic acids is 1. The van der Waals surface area contributed by atoms with Gasteiger partial charge < -0.3 is 15.2 Å². The molecule has 0 heterocycles. The van der Waals surface area contributed by atoms with E-state index < -0.39 is 27.8 Å². The molecule has 0 aromatic heterocycles. The summed E-state index contributed by atoms with van der Waals surface area (Å²) in [7, 11) is -3.62. The highest BCUT2D eigenvalue weighted by molar-refractivity contribution is 7.91. The number of carboxylic acid groups (broad SMARTS) is 1. The Kier molecular flexibility index (Phi) is 7.60. The maximum atomic E-state index is 12.3. The van der Waals surface area contributed by atoms with E-state index >= 15 is 0 Å². The minimum Gasteiger partial charge on any atom is -0.480 e. The van der Waals surface area contributed by atoms with Gasteiger partial charge in [0.25, 0.3) is 5.91 Å². The summed E-state index contributed by atoms with van der Waals surface area (Å²) in [6.07, 6.45) is 1.86. The molecule has 0 aliphatic carbocycles. The monoisotopic (exact) mass is 355 g/mol. The third kappa shape index (κ3) is 5.47. The van der Waals surface area contributed by atoms with Crippen LogP contribution in [0.5, 0.6) is 0 Å². The average Bonchev–Trinajstić information content (AvgIpc) is 2.53. The predicted octanol–water partition coefficient (Wildman–Crippen LogP) is 1.26. The number of ether oxygens (including phenoxy) is 1. The fourth-order valence-corrected chi connectivity index (χ4v) is 3.52. The average molecular weight is 355 g/mol. The Balaban J connectivity index is 3.02. The van der Waals surface area contributed by atoms with Crippen LogP contribution in [0.15, 0.2) is 41.8 Å². The largest absolute Gasteiger partial charge is 0.480 e. The molecule has 1 unspecified atom stereocenters. The Morgan fingerprint density at radius 2 is 2.04 bits per heavy atom. The van der Waals surface area contributed by atoms with E-state index in [2.05, 4.69) is 11.9 Å². The summed E-state index contributed by atoms with van der Waals surface area (Å²) >= 11 is 0. The smallest absolute Gasteiger partial charge is 0.328 e. The van der Waals surface area contributed by atoms with Gasteiger partial charge in [-0.2, -0.15) is 0 Å². The van der Waals surface area contributed by atoms with Crippen molar-refractivity contribution in [3.63, 3.8) is 0 Å². The minimum absolute atomic E-state index is 0.0825. The Morgan fingerprint density at radius 3 is 2.62 bits per heavy atom. The lowest BCUT2D eigenvalue weighted by Gasteiger charge is -2.16. The number of hydrogen-bond donors (Lipinski definition) is 2. The molecule has 1 atom stereocenters. The molecule has 0 aliphatic rings. The molecule has 1 amide bonds. The van der Waals surface area contributed by atoms with Gasteiger partial charge in [-0.05, 0) is 18.6 Å². The zero-order valence-corrected chi connectivity index (χ0v) is 14.2. The molecule has 7 nitrogen and oxygen atoms in total. The topological polar surface area (TPSA) is 110 Å². The third-order valence-corrected chi connectivity index (χ3v) is 5.04. The zero-order valence-electron chi connectivity index (χ0n) is 13.4. The van der Waals surface area contributed by atoms with Crippen LogP contribution in [0.2, 0.25) is 0 Å². The second-order valence-electron chi connectivity index (χ2n) is 5.01. The maximum absolute atomic E-state index is 12.3. The van der Waals surface area contributed by atoms with Gasteiger partial charge in [0.05, 0.1) is 29.4 Å². The molecule has 0 aliphatic heterocycles. The number of carbonyl (C=O) groups excluding carboxylic acids is 1. The van der Waals surface area contributed by atoms with Crippen molar-refractivity contribution in [1.29, 1.82) is 0 Å². The van der Waals surface area contributed by atoms with E-state index in [1.54, 1.807) is 6.92 Å². The number of rotatable bonds is 10. The van der Waals surface area contributed by atoms with Crippen molar-refractivity contribution in [2.45, 2.75) is 24.3 Å². The normalized spacial score (nSPS) is 12.4. The lowest BCUT2D eigenvalue weighted by Crippen LogP contribution is -2.44. The van der Waals surface area contributed by atoms with Crippen LogP contribution < -0.4 is 5.32 Å². The van der Waals surface area contributed by atoms with E-state index in [1.807, 2.05) is 0 Å². The third-order valence-electron chi connectivity index (χ3n) is 3.06. The van der Waals surface area contributed by atoms with Crippen LogP contribution in [0.25, 0.3) is 0 Å². The van der Waals surface area contributed by atoms with Gasteiger partial charge >= 0.3 is 5.97 Å². The highest BCUT2D eigenvalue weighted by Gasteiger charge is 2.25. The van der Waals surface area contributed by atoms with Crippen LogP contribution >= 0.6 is 0 Å². The van der Waals surface area contributed by atoms with Gasteiger partial charge in [-0.3, -0.25) is 4.79 Å². The standard InChI is InChI=1S/C16H21NO6S/c1-3-9-23-11-13(16(19)20)17-15(18)12-7-5-6-8-14(12)24(21,22)10-4-2/h3,5-8,13H,1,4,9-11H2,2H3,(H,17,18)(H,19,20). The molecule has 2 N–H and O–H groups in total. The van der Waals surface area contributed by atoms with Crippen LogP contribution in [-0.2, 0) is 19.4 Å². The highest BCUT2D eigenvalue weighted by Crippen LogP contribution is 2.18. The maximum Gasteiger partial charge on any atom is 0.328 e. The number of nitrogens with one attached hydrogen (secondary N) is 1. The van der Waals surface area contributed by atoms with Crippen molar-refractivity contribution in [2.75, 3.05) is 19.0 Å². The number of hydrogen-bond acceptors (Lipinski definition) is 5. The summed E-state index contributed by atoms with van der Waals surface area (Å²) < 4.78 is 29.6. The van der Waals surface area contributed by atoms with Crippen molar-refractivity contribution in [3.8, 4) is 0 Å². The summed E-state index contributed by atoms with van der Waals surface area (Å²) in [5.41, 5.74) is -0.0825. The number of amides is 1. The first kappa shape index (κ1) is 19.9. The molecule has 0 saturated carbocycles. The van der Waals surface area contributed by atoms with Crippen molar-refractivity contribution >= 4 is 21.7 Å². The SMILES string of the molecule is C=CCOCC(NC(=O)c1ccccc1S(=O)(=O)CCC)C(=O)O. The fraction of sp³-hybridized carbons (Fsp3) is 0.375. The first-order valence-corrected chi connectivity index (χ1v) is 9.02.